The van der Waals surface area contributed by atoms with Crippen molar-refractivity contribution < 1.29 is 14.6 Å². The second-order valence-corrected chi connectivity index (χ2v) is 7.95. The van der Waals surface area contributed by atoms with Crippen molar-refractivity contribution in [2.45, 2.75) is 12.1 Å². The number of aliphatic hydroxyl groups is 1. The molecule has 0 saturated carbocycles. The number of aliphatic hydroxyl groups excluding tert-OH is 1. The van der Waals surface area contributed by atoms with Crippen LogP contribution in [-0.2, 0) is 9.53 Å². The molecule has 0 atom stereocenters. The zero-order chi connectivity index (χ0) is 22.2. The van der Waals surface area contributed by atoms with Gasteiger partial charge in [-0.2, -0.15) is 4.52 Å². The molecule has 0 amide bonds. The van der Waals surface area contributed by atoms with Crippen LogP contribution in [0, 0.1) is 6.92 Å². The third-order valence-electron chi connectivity index (χ3n) is 4.90. The van der Waals surface area contributed by atoms with Crippen LogP contribution in [-0.4, -0.2) is 53.5 Å². The zero-order valence-electron chi connectivity index (χ0n) is 17.2. The van der Waals surface area contributed by atoms with Gasteiger partial charge in [-0.15, -0.1) is 5.10 Å². The number of ether oxygens (including phenoxy) is 1. The Kier molecular flexibility index (Phi) is 4.98. The van der Waals surface area contributed by atoms with Crippen molar-refractivity contribution in [2.75, 3.05) is 12.9 Å². The maximum absolute atomic E-state index is 12.5. The number of esters is 1. The minimum atomic E-state index is -0.685. The highest BCUT2D eigenvalue weighted by molar-refractivity contribution is 7.99. The Morgan fingerprint density at radius 3 is 2.62 bits per heavy atom. The van der Waals surface area contributed by atoms with Crippen molar-refractivity contribution in [3.8, 4) is 0 Å². The fourth-order valence-electron chi connectivity index (χ4n) is 3.46. The number of hydrogen-bond donors (Lipinski definition) is 2. The lowest BCUT2D eigenvalue weighted by atomic mass is 10.2. The number of para-hydroxylation sites is 3. The van der Waals surface area contributed by atoms with Gasteiger partial charge in [0.15, 0.2) is 10.8 Å². The average Bonchev–Trinajstić information content (AvgIpc) is 3.40. The van der Waals surface area contributed by atoms with Gasteiger partial charge in [-0.25, -0.2) is 19.7 Å². The SMILES string of the molecule is COC(=O)/C(=C(/O)CSc1nc2ccccc2c2nc(C)nn12)c1nc2ccccc2[nH]1. The van der Waals surface area contributed by atoms with E-state index in [0.29, 0.717) is 22.1 Å². The van der Waals surface area contributed by atoms with Gasteiger partial charge in [0.25, 0.3) is 0 Å². The first-order valence-electron chi connectivity index (χ1n) is 9.75. The minimum absolute atomic E-state index is 0.0250. The Labute approximate surface area is 186 Å². The number of aromatic nitrogens is 6. The van der Waals surface area contributed by atoms with Gasteiger partial charge in [0.05, 0.1) is 29.4 Å². The summed E-state index contributed by atoms with van der Waals surface area (Å²) in [5.41, 5.74) is 2.86. The number of fused-ring (bicyclic) bond motifs is 4. The van der Waals surface area contributed by atoms with E-state index in [1.807, 2.05) is 55.5 Å². The molecule has 0 aliphatic heterocycles. The molecule has 160 valence electrons. The first-order valence-corrected chi connectivity index (χ1v) is 10.7. The molecule has 32 heavy (non-hydrogen) atoms. The molecular weight excluding hydrogens is 428 g/mol. The van der Waals surface area contributed by atoms with E-state index < -0.39 is 5.97 Å². The number of thioether (sulfide) groups is 1. The molecule has 0 fully saturated rings. The first-order chi connectivity index (χ1) is 15.5. The third-order valence-corrected chi connectivity index (χ3v) is 5.84. The van der Waals surface area contributed by atoms with Crippen LogP contribution in [0.1, 0.15) is 11.6 Å². The number of nitrogens with zero attached hydrogens (tertiary/aromatic N) is 5. The second-order valence-electron chi connectivity index (χ2n) is 7.01. The van der Waals surface area contributed by atoms with E-state index in [1.165, 1.54) is 18.9 Å². The Morgan fingerprint density at radius 2 is 1.84 bits per heavy atom. The van der Waals surface area contributed by atoms with Crippen molar-refractivity contribution in [3.05, 3.63) is 65.9 Å². The van der Waals surface area contributed by atoms with Gasteiger partial charge in [-0.1, -0.05) is 36.0 Å². The summed E-state index contributed by atoms with van der Waals surface area (Å²) in [6, 6.07) is 15.0. The maximum atomic E-state index is 12.5. The van der Waals surface area contributed by atoms with Crippen molar-refractivity contribution in [3.63, 3.8) is 0 Å². The average molecular weight is 446 g/mol. The molecule has 10 heteroatoms. The van der Waals surface area contributed by atoms with Crippen molar-refractivity contribution in [2.24, 2.45) is 0 Å². The maximum Gasteiger partial charge on any atom is 0.345 e. The Morgan fingerprint density at radius 1 is 1.09 bits per heavy atom. The van der Waals surface area contributed by atoms with Crippen LogP contribution in [0.4, 0.5) is 0 Å². The van der Waals surface area contributed by atoms with Crippen LogP contribution in [0.15, 0.2) is 59.4 Å². The molecule has 3 heterocycles. The molecule has 3 aromatic heterocycles. The van der Waals surface area contributed by atoms with Gasteiger partial charge in [-0.3, -0.25) is 0 Å². The molecule has 0 spiro atoms. The molecule has 0 aliphatic rings. The molecular formula is C22H18N6O3S. The summed E-state index contributed by atoms with van der Waals surface area (Å²) in [4.78, 5) is 29.2. The number of hydrogen-bond acceptors (Lipinski definition) is 8. The quantitative estimate of drug-likeness (QED) is 0.138. The lowest BCUT2D eigenvalue weighted by Crippen LogP contribution is -2.10. The number of H-pyrrole nitrogens is 1. The highest BCUT2D eigenvalue weighted by atomic mass is 32.2. The second kappa shape index (κ2) is 7.97. The van der Waals surface area contributed by atoms with E-state index in [-0.39, 0.29) is 22.9 Å². The van der Waals surface area contributed by atoms with Crippen LogP contribution in [0.5, 0.6) is 0 Å². The Bertz CT molecular complexity index is 1490. The van der Waals surface area contributed by atoms with Gasteiger partial charge in [0.1, 0.15) is 23.0 Å². The number of rotatable bonds is 5. The molecule has 9 nitrogen and oxygen atoms in total. The molecule has 0 bridgehead atoms. The minimum Gasteiger partial charge on any atom is -0.510 e. The highest BCUT2D eigenvalue weighted by Gasteiger charge is 2.23. The molecule has 0 saturated heterocycles. The van der Waals surface area contributed by atoms with E-state index in [4.69, 9.17) is 4.74 Å². The molecule has 0 radical (unpaired) electrons. The molecule has 2 aromatic carbocycles. The monoisotopic (exact) mass is 446 g/mol. The van der Waals surface area contributed by atoms with Crippen LogP contribution in [0.2, 0.25) is 0 Å². The number of carbonyl (C=O) groups is 1. The number of carbonyl (C=O) groups excluding carboxylic acids is 1. The topological polar surface area (TPSA) is 118 Å². The largest absolute Gasteiger partial charge is 0.510 e. The van der Waals surface area contributed by atoms with Crippen molar-refractivity contribution in [1.82, 2.24) is 29.5 Å². The van der Waals surface area contributed by atoms with E-state index in [2.05, 4.69) is 25.0 Å². The zero-order valence-corrected chi connectivity index (χ0v) is 18.1. The summed E-state index contributed by atoms with van der Waals surface area (Å²) in [7, 11) is 1.26. The molecule has 0 unspecified atom stereocenters. The smallest absolute Gasteiger partial charge is 0.345 e. The number of benzene rings is 2. The van der Waals surface area contributed by atoms with E-state index in [1.54, 1.807) is 4.52 Å². The van der Waals surface area contributed by atoms with Crippen LogP contribution in [0.3, 0.4) is 0 Å². The molecule has 5 aromatic rings. The van der Waals surface area contributed by atoms with E-state index >= 15 is 0 Å². The molecule has 0 aliphatic carbocycles. The number of nitrogens with one attached hydrogen (secondary N) is 1. The van der Waals surface area contributed by atoms with Gasteiger partial charge >= 0.3 is 5.97 Å². The number of imidazole rings is 1. The van der Waals surface area contributed by atoms with Crippen molar-refractivity contribution >= 4 is 50.9 Å². The van der Waals surface area contributed by atoms with Crippen LogP contribution >= 0.6 is 11.8 Å². The number of methoxy groups -OCH3 is 1. The molecule has 5 rings (SSSR count). The lowest BCUT2D eigenvalue weighted by Gasteiger charge is -2.08. The standard InChI is InChI=1S/C22H18N6O3S/c1-12-23-20-13-7-3-4-8-14(13)26-22(28(20)27-12)32-11-17(29)18(21(30)31-2)19-24-15-9-5-6-10-16(15)25-19/h3-10,29H,11H2,1-2H3,(H,24,25)/b18-17+. The summed E-state index contributed by atoms with van der Waals surface area (Å²) in [6.07, 6.45) is 0. The third kappa shape index (κ3) is 3.44. The molecule has 2 N–H and O–H groups in total. The Hall–Kier alpha value is -3.92. The number of aryl methyl sites for hydroxylation is 1. The van der Waals surface area contributed by atoms with Crippen LogP contribution < -0.4 is 0 Å². The van der Waals surface area contributed by atoms with Gasteiger partial charge in [-0.05, 0) is 31.2 Å². The summed E-state index contributed by atoms with van der Waals surface area (Å²) in [6.45, 7) is 1.81. The summed E-state index contributed by atoms with van der Waals surface area (Å²) in [5, 5.41) is 16.7. The normalized spacial score (nSPS) is 12.4. The summed E-state index contributed by atoms with van der Waals surface area (Å²) < 4.78 is 6.55. The predicted molar refractivity (Wildman–Crippen MR) is 121 cm³/mol. The first kappa shape index (κ1) is 20.0. The van der Waals surface area contributed by atoms with Gasteiger partial charge in [0.2, 0.25) is 0 Å². The summed E-state index contributed by atoms with van der Waals surface area (Å²) >= 11 is 1.24. The van der Waals surface area contributed by atoms with Crippen LogP contribution in [0.25, 0.3) is 33.2 Å². The lowest BCUT2D eigenvalue weighted by molar-refractivity contribution is -0.133. The van der Waals surface area contributed by atoms with E-state index in [9.17, 15) is 9.90 Å². The fraction of sp³-hybridized carbons (Fsp3) is 0.136. The van der Waals surface area contributed by atoms with Crippen molar-refractivity contribution in [1.29, 1.82) is 0 Å². The summed E-state index contributed by atoms with van der Waals surface area (Å²) in [5.74, 6) is 0.0452. The number of aromatic amines is 1. The fourth-order valence-corrected chi connectivity index (χ4v) is 4.28. The highest BCUT2D eigenvalue weighted by Crippen LogP contribution is 2.27. The predicted octanol–water partition coefficient (Wildman–Crippen LogP) is 3.70. The van der Waals surface area contributed by atoms with Gasteiger partial charge < -0.3 is 14.8 Å². The van der Waals surface area contributed by atoms with E-state index in [0.717, 1.165) is 16.4 Å². The Balaban J connectivity index is 1.55. The van der Waals surface area contributed by atoms with Gasteiger partial charge in [0, 0.05) is 5.39 Å².